The van der Waals surface area contributed by atoms with E-state index in [4.69, 9.17) is 0 Å². The van der Waals surface area contributed by atoms with Crippen LogP contribution in [0.15, 0.2) is 30.6 Å². The van der Waals surface area contributed by atoms with Crippen LogP contribution in [0.25, 0.3) is 5.69 Å². The number of tetrazole rings is 1. The molecule has 5 nitrogen and oxygen atoms in total. The van der Waals surface area contributed by atoms with Crippen molar-refractivity contribution in [3.63, 3.8) is 0 Å². The van der Waals surface area contributed by atoms with Gasteiger partial charge in [-0.15, -0.1) is 5.10 Å². The van der Waals surface area contributed by atoms with Crippen molar-refractivity contribution >= 4 is 5.69 Å². The fraction of sp³-hybridized carbons (Fsp3) is 0.364. The van der Waals surface area contributed by atoms with E-state index in [2.05, 4.69) is 34.7 Å². The van der Waals surface area contributed by atoms with Gasteiger partial charge in [-0.25, -0.2) is 0 Å². The van der Waals surface area contributed by atoms with Gasteiger partial charge in [-0.3, -0.25) is 0 Å². The molecule has 5 heteroatoms. The number of para-hydroxylation sites is 2. The number of hydrogen-bond donors (Lipinski definition) is 1. The van der Waals surface area contributed by atoms with E-state index in [1.54, 1.807) is 11.0 Å². The van der Waals surface area contributed by atoms with Gasteiger partial charge in [-0.2, -0.15) is 4.68 Å². The van der Waals surface area contributed by atoms with Crippen molar-refractivity contribution in [3.05, 3.63) is 30.6 Å². The van der Waals surface area contributed by atoms with Crippen LogP contribution in [0.3, 0.4) is 0 Å². The minimum atomic E-state index is 0.428. The molecule has 0 aliphatic carbocycles. The van der Waals surface area contributed by atoms with Crippen molar-refractivity contribution < 1.29 is 0 Å². The highest BCUT2D eigenvalue weighted by atomic mass is 15.5. The summed E-state index contributed by atoms with van der Waals surface area (Å²) in [6.45, 7) is 4.30. The van der Waals surface area contributed by atoms with Crippen LogP contribution < -0.4 is 5.32 Å². The summed E-state index contributed by atoms with van der Waals surface area (Å²) >= 11 is 0. The summed E-state index contributed by atoms with van der Waals surface area (Å²) in [4.78, 5) is 0. The summed E-state index contributed by atoms with van der Waals surface area (Å²) in [5.74, 6) is 0. The molecule has 0 bridgehead atoms. The molecule has 0 amide bonds. The molecule has 0 saturated heterocycles. The molecular formula is C11H15N5. The average molecular weight is 217 g/mol. The predicted molar refractivity (Wildman–Crippen MR) is 62.5 cm³/mol. The summed E-state index contributed by atoms with van der Waals surface area (Å²) in [6.07, 6.45) is 2.67. The molecule has 0 saturated carbocycles. The van der Waals surface area contributed by atoms with Crippen LogP contribution >= 0.6 is 0 Å². The quantitative estimate of drug-likeness (QED) is 0.849. The SMILES string of the molecule is CCC(C)Nc1ccccc1-n1cnnn1. The van der Waals surface area contributed by atoms with Crippen molar-refractivity contribution in [3.8, 4) is 5.69 Å². The predicted octanol–water partition coefficient (Wildman–Crippen LogP) is 1.87. The first-order chi connectivity index (χ1) is 7.81. The Labute approximate surface area is 94.5 Å². The fourth-order valence-corrected chi connectivity index (χ4v) is 1.43. The Balaban J connectivity index is 2.31. The topological polar surface area (TPSA) is 55.6 Å². The molecule has 0 aliphatic rings. The number of aromatic nitrogens is 4. The van der Waals surface area contributed by atoms with Gasteiger partial charge >= 0.3 is 0 Å². The van der Waals surface area contributed by atoms with Crippen LogP contribution in [-0.4, -0.2) is 26.2 Å². The largest absolute Gasteiger partial charge is 0.381 e. The van der Waals surface area contributed by atoms with Crippen LogP contribution in [0, 0.1) is 0 Å². The summed E-state index contributed by atoms with van der Waals surface area (Å²) in [7, 11) is 0. The number of nitrogens with one attached hydrogen (secondary N) is 1. The normalized spacial score (nSPS) is 12.4. The van der Waals surface area contributed by atoms with Gasteiger partial charge in [-0.1, -0.05) is 19.1 Å². The average Bonchev–Trinajstić information content (AvgIpc) is 2.83. The van der Waals surface area contributed by atoms with Crippen molar-refractivity contribution in [2.45, 2.75) is 26.3 Å². The molecule has 1 N–H and O–H groups in total. The molecule has 1 heterocycles. The Morgan fingerprint density at radius 2 is 2.19 bits per heavy atom. The Bertz CT molecular complexity index is 437. The standard InChI is InChI=1S/C11H15N5/c1-3-9(2)13-10-6-4-5-7-11(10)16-8-12-14-15-16/h4-9,13H,3H2,1-2H3. The van der Waals surface area contributed by atoms with Gasteiger partial charge in [0.15, 0.2) is 0 Å². The first-order valence-electron chi connectivity index (χ1n) is 5.40. The lowest BCUT2D eigenvalue weighted by Crippen LogP contribution is -2.15. The summed E-state index contributed by atoms with van der Waals surface area (Å²) in [5.41, 5.74) is 2.01. The third kappa shape index (κ3) is 2.18. The van der Waals surface area contributed by atoms with E-state index in [1.165, 1.54) is 0 Å². The minimum Gasteiger partial charge on any atom is -0.381 e. The summed E-state index contributed by atoms with van der Waals surface area (Å²) in [6, 6.07) is 8.42. The lowest BCUT2D eigenvalue weighted by atomic mass is 10.2. The number of anilines is 1. The Morgan fingerprint density at radius 1 is 1.38 bits per heavy atom. The Hall–Kier alpha value is -1.91. The molecule has 1 atom stereocenters. The van der Waals surface area contributed by atoms with Crippen LogP contribution in [0.1, 0.15) is 20.3 Å². The molecule has 84 valence electrons. The molecule has 2 rings (SSSR count). The molecule has 0 fully saturated rings. The van der Waals surface area contributed by atoms with E-state index >= 15 is 0 Å². The van der Waals surface area contributed by atoms with Crippen molar-refractivity contribution in [2.75, 3.05) is 5.32 Å². The van der Waals surface area contributed by atoms with Gasteiger partial charge in [0.1, 0.15) is 6.33 Å². The summed E-state index contributed by atoms with van der Waals surface area (Å²) in [5, 5.41) is 14.6. The van der Waals surface area contributed by atoms with E-state index in [1.807, 2.05) is 24.3 Å². The molecule has 1 aromatic heterocycles. The number of rotatable bonds is 4. The summed E-state index contributed by atoms with van der Waals surface area (Å²) < 4.78 is 1.66. The van der Waals surface area contributed by atoms with Crippen LogP contribution in [0.5, 0.6) is 0 Å². The number of benzene rings is 1. The third-order valence-electron chi connectivity index (χ3n) is 2.51. The fourth-order valence-electron chi connectivity index (χ4n) is 1.43. The molecule has 16 heavy (non-hydrogen) atoms. The van der Waals surface area contributed by atoms with E-state index in [9.17, 15) is 0 Å². The Kier molecular flexibility index (Phi) is 3.14. The molecule has 1 unspecified atom stereocenters. The highest BCUT2D eigenvalue weighted by Crippen LogP contribution is 2.19. The zero-order valence-electron chi connectivity index (χ0n) is 9.46. The van der Waals surface area contributed by atoms with Gasteiger partial charge in [0, 0.05) is 6.04 Å². The second kappa shape index (κ2) is 4.74. The zero-order chi connectivity index (χ0) is 11.4. The lowest BCUT2D eigenvalue weighted by Gasteiger charge is -2.15. The Morgan fingerprint density at radius 3 is 2.88 bits per heavy atom. The third-order valence-corrected chi connectivity index (χ3v) is 2.51. The minimum absolute atomic E-state index is 0.428. The van der Waals surface area contributed by atoms with Gasteiger partial charge in [0.25, 0.3) is 0 Å². The van der Waals surface area contributed by atoms with Crippen molar-refractivity contribution in [1.29, 1.82) is 0 Å². The molecule has 1 aromatic carbocycles. The van der Waals surface area contributed by atoms with Crippen molar-refractivity contribution in [1.82, 2.24) is 20.2 Å². The second-order valence-corrected chi connectivity index (χ2v) is 3.73. The number of hydrogen-bond acceptors (Lipinski definition) is 4. The first kappa shape index (κ1) is 10.6. The molecule has 0 radical (unpaired) electrons. The lowest BCUT2D eigenvalue weighted by molar-refractivity contribution is 0.754. The van der Waals surface area contributed by atoms with Crippen LogP contribution in [0.4, 0.5) is 5.69 Å². The van der Waals surface area contributed by atoms with Gasteiger partial charge in [0.2, 0.25) is 0 Å². The van der Waals surface area contributed by atoms with E-state index in [0.29, 0.717) is 6.04 Å². The smallest absolute Gasteiger partial charge is 0.143 e. The van der Waals surface area contributed by atoms with E-state index in [0.717, 1.165) is 17.8 Å². The molecule has 0 spiro atoms. The highest BCUT2D eigenvalue weighted by molar-refractivity contribution is 5.60. The monoisotopic (exact) mass is 217 g/mol. The number of nitrogens with zero attached hydrogens (tertiary/aromatic N) is 4. The van der Waals surface area contributed by atoms with Gasteiger partial charge in [0.05, 0.1) is 11.4 Å². The molecule has 0 aliphatic heterocycles. The van der Waals surface area contributed by atoms with Crippen molar-refractivity contribution in [2.24, 2.45) is 0 Å². The second-order valence-electron chi connectivity index (χ2n) is 3.73. The molecule has 2 aromatic rings. The maximum atomic E-state index is 3.90. The van der Waals surface area contributed by atoms with E-state index < -0.39 is 0 Å². The van der Waals surface area contributed by atoms with Gasteiger partial charge < -0.3 is 5.32 Å². The first-order valence-corrected chi connectivity index (χ1v) is 5.40. The van der Waals surface area contributed by atoms with Crippen LogP contribution in [0.2, 0.25) is 0 Å². The van der Waals surface area contributed by atoms with E-state index in [-0.39, 0.29) is 0 Å². The maximum absolute atomic E-state index is 3.90. The molecular weight excluding hydrogens is 202 g/mol. The van der Waals surface area contributed by atoms with Gasteiger partial charge in [-0.05, 0) is 35.9 Å². The zero-order valence-corrected chi connectivity index (χ0v) is 9.46. The maximum Gasteiger partial charge on any atom is 0.143 e. The highest BCUT2D eigenvalue weighted by Gasteiger charge is 2.06. The van der Waals surface area contributed by atoms with Crippen LogP contribution in [-0.2, 0) is 0 Å².